The Morgan fingerprint density at radius 3 is 2.11 bits per heavy atom. The SMILES string of the molecule is CN(C)CCCC[C@H](N)C(=O)N(CCc1c[nH]c2ccccc12)CC(=O)NCCc1c[nH]c2ccccc12. The Morgan fingerprint density at radius 1 is 0.868 bits per heavy atom. The van der Waals surface area contributed by atoms with Crippen molar-refractivity contribution in [2.75, 3.05) is 40.3 Å². The number of para-hydroxylation sites is 2. The van der Waals surface area contributed by atoms with Gasteiger partial charge in [0.05, 0.1) is 12.6 Å². The number of H-pyrrole nitrogens is 2. The van der Waals surface area contributed by atoms with Crippen LogP contribution in [-0.4, -0.2) is 77.9 Å². The van der Waals surface area contributed by atoms with Crippen molar-refractivity contribution < 1.29 is 9.59 Å². The molecule has 0 aliphatic rings. The monoisotopic (exact) mass is 516 g/mol. The fourth-order valence-electron chi connectivity index (χ4n) is 4.92. The quantitative estimate of drug-likeness (QED) is 0.193. The highest BCUT2D eigenvalue weighted by Crippen LogP contribution is 2.19. The Kier molecular flexibility index (Phi) is 9.56. The number of fused-ring (bicyclic) bond motifs is 2. The van der Waals surface area contributed by atoms with E-state index in [1.54, 1.807) is 4.90 Å². The Morgan fingerprint density at radius 2 is 1.47 bits per heavy atom. The van der Waals surface area contributed by atoms with E-state index < -0.39 is 6.04 Å². The maximum atomic E-state index is 13.3. The van der Waals surface area contributed by atoms with Gasteiger partial charge in [-0.1, -0.05) is 42.8 Å². The topological polar surface area (TPSA) is 110 Å². The average molecular weight is 517 g/mol. The predicted octanol–water partition coefficient (Wildman–Crippen LogP) is 3.44. The lowest BCUT2D eigenvalue weighted by Gasteiger charge is -2.25. The molecule has 8 nitrogen and oxygen atoms in total. The van der Waals surface area contributed by atoms with Crippen molar-refractivity contribution in [3.63, 3.8) is 0 Å². The average Bonchev–Trinajstić information content (AvgIpc) is 3.52. The number of hydrogen-bond acceptors (Lipinski definition) is 4. The summed E-state index contributed by atoms with van der Waals surface area (Å²) in [6, 6.07) is 15.6. The molecule has 2 aromatic carbocycles. The van der Waals surface area contributed by atoms with Crippen LogP contribution in [0.3, 0.4) is 0 Å². The number of rotatable bonds is 14. The number of hydrogen-bond donors (Lipinski definition) is 4. The smallest absolute Gasteiger partial charge is 0.239 e. The minimum absolute atomic E-state index is 0.000467. The number of nitrogens with one attached hydrogen (secondary N) is 3. The van der Waals surface area contributed by atoms with Crippen molar-refractivity contribution >= 4 is 33.6 Å². The van der Waals surface area contributed by atoms with Crippen LogP contribution in [0, 0.1) is 0 Å². The van der Waals surface area contributed by atoms with Crippen molar-refractivity contribution in [2.45, 2.75) is 38.1 Å². The molecule has 0 fully saturated rings. The highest BCUT2D eigenvalue weighted by Gasteiger charge is 2.23. The molecule has 0 saturated carbocycles. The molecule has 0 radical (unpaired) electrons. The van der Waals surface area contributed by atoms with E-state index in [-0.39, 0.29) is 18.4 Å². The molecule has 202 valence electrons. The largest absolute Gasteiger partial charge is 0.361 e. The van der Waals surface area contributed by atoms with Gasteiger partial charge < -0.3 is 30.8 Å². The van der Waals surface area contributed by atoms with E-state index in [0.717, 1.165) is 52.3 Å². The van der Waals surface area contributed by atoms with Crippen LogP contribution in [0.5, 0.6) is 0 Å². The maximum absolute atomic E-state index is 13.3. The van der Waals surface area contributed by atoms with Gasteiger partial charge in [-0.05, 0) is 69.6 Å². The molecule has 2 heterocycles. The second-order valence-corrected chi connectivity index (χ2v) is 10.2. The summed E-state index contributed by atoms with van der Waals surface area (Å²) in [7, 11) is 4.07. The summed E-state index contributed by atoms with van der Waals surface area (Å²) in [6.45, 7) is 1.90. The molecule has 38 heavy (non-hydrogen) atoms. The van der Waals surface area contributed by atoms with E-state index in [1.165, 1.54) is 0 Å². The number of nitrogens with two attached hydrogens (primary N) is 1. The van der Waals surface area contributed by atoms with Gasteiger partial charge >= 0.3 is 0 Å². The minimum atomic E-state index is -0.612. The van der Waals surface area contributed by atoms with Gasteiger partial charge in [0.2, 0.25) is 11.8 Å². The number of carbonyl (C=O) groups excluding carboxylic acids is 2. The molecule has 0 spiro atoms. The molecule has 1 atom stereocenters. The molecule has 0 saturated heterocycles. The zero-order chi connectivity index (χ0) is 26.9. The van der Waals surface area contributed by atoms with Crippen LogP contribution in [-0.2, 0) is 22.4 Å². The number of unbranched alkanes of at least 4 members (excludes halogenated alkanes) is 1. The molecular weight excluding hydrogens is 476 g/mol. The van der Waals surface area contributed by atoms with Gasteiger partial charge in [0.15, 0.2) is 0 Å². The van der Waals surface area contributed by atoms with E-state index in [4.69, 9.17) is 5.73 Å². The van der Waals surface area contributed by atoms with Crippen molar-refractivity contribution in [2.24, 2.45) is 5.73 Å². The third-order valence-corrected chi connectivity index (χ3v) is 7.05. The van der Waals surface area contributed by atoms with Gasteiger partial charge in [-0.15, -0.1) is 0 Å². The Balaban J connectivity index is 1.35. The van der Waals surface area contributed by atoms with E-state index in [1.807, 2.05) is 62.9 Å². The van der Waals surface area contributed by atoms with E-state index in [9.17, 15) is 9.59 Å². The lowest BCUT2D eigenvalue weighted by atomic mass is 10.1. The third kappa shape index (κ3) is 7.24. The lowest BCUT2D eigenvalue weighted by molar-refractivity contribution is -0.137. The molecule has 0 aliphatic heterocycles. The summed E-state index contributed by atoms with van der Waals surface area (Å²) >= 11 is 0. The first kappa shape index (κ1) is 27.4. The molecule has 4 aromatic rings. The number of aromatic amines is 2. The zero-order valence-corrected chi connectivity index (χ0v) is 22.5. The summed E-state index contributed by atoms with van der Waals surface area (Å²) < 4.78 is 0. The van der Waals surface area contributed by atoms with Crippen LogP contribution in [0.1, 0.15) is 30.4 Å². The van der Waals surface area contributed by atoms with E-state index in [0.29, 0.717) is 32.4 Å². The normalized spacial score (nSPS) is 12.3. The molecule has 2 amide bonds. The van der Waals surface area contributed by atoms with Crippen molar-refractivity contribution in [3.8, 4) is 0 Å². The Hall–Kier alpha value is -3.62. The maximum Gasteiger partial charge on any atom is 0.239 e. The summed E-state index contributed by atoms with van der Waals surface area (Å²) in [5.74, 6) is -0.335. The van der Waals surface area contributed by atoms with Gasteiger partial charge in [0.25, 0.3) is 0 Å². The number of aromatic nitrogens is 2. The molecule has 0 unspecified atom stereocenters. The van der Waals surface area contributed by atoms with Gasteiger partial charge in [0, 0.05) is 47.3 Å². The van der Waals surface area contributed by atoms with Crippen LogP contribution < -0.4 is 11.1 Å². The summed E-state index contributed by atoms with van der Waals surface area (Å²) in [5.41, 5.74) is 10.8. The fourth-order valence-corrected chi connectivity index (χ4v) is 4.92. The van der Waals surface area contributed by atoms with Gasteiger partial charge in [-0.25, -0.2) is 0 Å². The first-order chi connectivity index (χ1) is 18.4. The van der Waals surface area contributed by atoms with Crippen molar-refractivity contribution in [1.82, 2.24) is 25.1 Å². The first-order valence-corrected chi connectivity index (χ1v) is 13.5. The molecular formula is C30H40N6O2. The summed E-state index contributed by atoms with van der Waals surface area (Å²) in [5, 5.41) is 5.30. The number of amides is 2. The number of nitrogens with zero attached hydrogens (tertiary/aromatic N) is 2. The molecule has 2 aromatic heterocycles. The molecule has 0 aliphatic carbocycles. The molecule has 8 heteroatoms. The zero-order valence-electron chi connectivity index (χ0n) is 22.5. The Bertz CT molecular complexity index is 1340. The molecule has 5 N–H and O–H groups in total. The van der Waals surface area contributed by atoms with Gasteiger partial charge in [0.1, 0.15) is 0 Å². The minimum Gasteiger partial charge on any atom is -0.361 e. The first-order valence-electron chi connectivity index (χ1n) is 13.5. The third-order valence-electron chi connectivity index (χ3n) is 7.05. The van der Waals surface area contributed by atoms with Gasteiger partial charge in [-0.3, -0.25) is 9.59 Å². The lowest BCUT2D eigenvalue weighted by Crippen LogP contribution is -2.48. The highest BCUT2D eigenvalue weighted by molar-refractivity contribution is 5.88. The van der Waals surface area contributed by atoms with E-state index >= 15 is 0 Å². The van der Waals surface area contributed by atoms with Crippen LogP contribution in [0.25, 0.3) is 21.8 Å². The van der Waals surface area contributed by atoms with Crippen molar-refractivity contribution in [1.29, 1.82) is 0 Å². The fraction of sp³-hybridized carbons (Fsp3) is 0.400. The molecule has 4 rings (SSSR count). The summed E-state index contributed by atoms with van der Waals surface area (Å²) in [4.78, 5) is 36.6. The van der Waals surface area contributed by atoms with Crippen LogP contribution in [0.2, 0.25) is 0 Å². The number of carbonyl (C=O) groups is 2. The second-order valence-electron chi connectivity index (χ2n) is 10.2. The number of benzene rings is 2. The highest BCUT2D eigenvalue weighted by atomic mass is 16.2. The van der Waals surface area contributed by atoms with E-state index in [2.05, 4.69) is 32.3 Å². The molecule has 0 bridgehead atoms. The van der Waals surface area contributed by atoms with Crippen LogP contribution in [0.4, 0.5) is 0 Å². The Labute approximate surface area is 224 Å². The summed E-state index contributed by atoms with van der Waals surface area (Å²) in [6.07, 6.45) is 7.80. The van der Waals surface area contributed by atoms with Gasteiger partial charge in [-0.2, -0.15) is 0 Å². The van der Waals surface area contributed by atoms with Crippen molar-refractivity contribution in [3.05, 3.63) is 72.1 Å². The standard InChI is InChI=1S/C30H40N6O2/c1-35(2)17-8-7-11-26(31)30(38)36(18-15-23-20-34-28-13-6-4-10-25(23)28)21-29(37)32-16-14-22-19-33-27-12-5-3-9-24(22)27/h3-6,9-10,12-13,19-20,26,33-34H,7-8,11,14-18,21,31H2,1-2H3,(H,32,37)/t26-/m0/s1. The second kappa shape index (κ2) is 13.3. The van der Waals surface area contributed by atoms with Crippen LogP contribution >= 0.6 is 0 Å². The predicted molar refractivity (Wildman–Crippen MR) is 154 cm³/mol. The van der Waals surface area contributed by atoms with Crippen LogP contribution in [0.15, 0.2) is 60.9 Å².